The Morgan fingerprint density at radius 1 is 1.08 bits per heavy atom. The number of nitrogens with zero attached hydrogens (tertiary/aromatic N) is 2. The van der Waals surface area contributed by atoms with Crippen LogP contribution in [0.1, 0.15) is 45.6 Å². The summed E-state index contributed by atoms with van der Waals surface area (Å²) in [6.45, 7) is 8.17. The van der Waals surface area contributed by atoms with Gasteiger partial charge in [0.25, 0.3) is 0 Å². The van der Waals surface area contributed by atoms with E-state index in [0.717, 1.165) is 43.5 Å². The molecule has 0 aromatic heterocycles. The number of anilines is 1. The molecule has 2 heterocycles. The average molecular weight is 326 g/mol. The Balaban J connectivity index is 1.56. The third kappa shape index (κ3) is 2.43. The summed E-state index contributed by atoms with van der Waals surface area (Å²) in [5, 5.41) is 0. The molecule has 2 atom stereocenters. The van der Waals surface area contributed by atoms with Crippen molar-refractivity contribution in [2.75, 3.05) is 18.0 Å². The molecule has 4 heteroatoms. The first kappa shape index (κ1) is 15.7. The van der Waals surface area contributed by atoms with Crippen molar-refractivity contribution in [3.05, 3.63) is 29.8 Å². The van der Waals surface area contributed by atoms with E-state index in [0.29, 0.717) is 6.54 Å². The highest BCUT2D eigenvalue weighted by atomic mass is 16.2. The number of likely N-dealkylation sites (tertiary alicyclic amines) is 1. The van der Waals surface area contributed by atoms with Crippen molar-refractivity contribution < 1.29 is 9.59 Å². The molecule has 1 aliphatic carbocycles. The van der Waals surface area contributed by atoms with Crippen LogP contribution >= 0.6 is 0 Å². The topological polar surface area (TPSA) is 40.6 Å². The summed E-state index contributed by atoms with van der Waals surface area (Å²) in [5.74, 6) is -0.660. The predicted molar refractivity (Wildman–Crippen MR) is 93.7 cm³/mol. The van der Waals surface area contributed by atoms with E-state index in [2.05, 4.69) is 20.8 Å². The number of para-hydroxylation sites is 1. The Morgan fingerprint density at radius 2 is 1.83 bits per heavy atom. The Morgan fingerprint density at radius 3 is 2.62 bits per heavy atom. The van der Waals surface area contributed by atoms with Crippen molar-refractivity contribution >= 4 is 17.5 Å². The van der Waals surface area contributed by atoms with Crippen LogP contribution in [0.5, 0.6) is 0 Å². The van der Waals surface area contributed by atoms with Crippen LogP contribution in [0.15, 0.2) is 24.3 Å². The molecule has 2 unspecified atom stereocenters. The summed E-state index contributed by atoms with van der Waals surface area (Å²) in [6, 6.07) is 8.12. The van der Waals surface area contributed by atoms with Crippen LogP contribution in [-0.2, 0) is 16.0 Å². The lowest BCUT2D eigenvalue weighted by Crippen LogP contribution is -2.47. The Hall–Kier alpha value is -1.84. The first-order valence-corrected chi connectivity index (χ1v) is 8.98. The number of rotatable bonds is 0. The highest BCUT2D eigenvalue weighted by molar-refractivity contribution is 6.40. The summed E-state index contributed by atoms with van der Waals surface area (Å²) < 4.78 is 0. The summed E-state index contributed by atoms with van der Waals surface area (Å²) in [5.41, 5.74) is 2.47. The number of carbonyl (C=O) groups is 2. The molecule has 4 rings (SSSR count). The molecular weight excluding hydrogens is 300 g/mol. The molecule has 2 amide bonds. The van der Waals surface area contributed by atoms with Crippen LogP contribution in [0.4, 0.5) is 5.69 Å². The third-order valence-corrected chi connectivity index (χ3v) is 5.99. The lowest BCUT2D eigenvalue weighted by Gasteiger charge is -2.39. The number of carbonyl (C=O) groups excluding carboxylic acids is 2. The maximum absolute atomic E-state index is 13.0. The van der Waals surface area contributed by atoms with Crippen molar-refractivity contribution in [2.24, 2.45) is 10.8 Å². The Kier molecular flexibility index (Phi) is 3.32. The van der Waals surface area contributed by atoms with Gasteiger partial charge in [-0.15, -0.1) is 0 Å². The van der Waals surface area contributed by atoms with Crippen molar-refractivity contribution in [1.29, 1.82) is 0 Å². The number of hydrogen-bond donors (Lipinski definition) is 0. The minimum atomic E-state index is -0.353. The van der Waals surface area contributed by atoms with Gasteiger partial charge in [0, 0.05) is 24.8 Å². The van der Waals surface area contributed by atoms with Crippen LogP contribution in [-0.4, -0.2) is 35.8 Å². The SMILES string of the molecule is CC1(C)CC2CC(C)(CN2C(=O)C(=O)N2CCc3ccccc32)C1. The molecule has 2 bridgehead atoms. The molecular formula is C20H26N2O2. The fourth-order valence-electron chi connectivity index (χ4n) is 5.48. The fraction of sp³-hybridized carbons (Fsp3) is 0.600. The summed E-state index contributed by atoms with van der Waals surface area (Å²) in [6.07, 6.45) is 3.99. The molecule has 1 aromatic carbocycles. The molecule has 4 nitrogen and oxygen atoms in total. The Bertz CT molecular complexity index is 711. The third-order valence-electron chi connectivity index (χ3n) is 5.99. The molecule has 24 heavy (non-hydrogen) atoms. The van der Waals surface area contributed by atoms with E-state index in [4.69, 9.17) is 0 Å². The average Bonchev–Trinajstić information content (AvgIpc) is 3.03. The van der Waals surface area contributed by atoms with Crippen molar-refractivity contribution in [1.82, 2.24) is 4.90 Å². The quantitative estimate of drug-likeness (QED) is 0.688. The normalized spacial score (nSPS) is 30.4. The molecule has 0 radical (unpaired) electrons. The molecule has 3 aliphatic rings. The molecule has 2 fully saturated rings. The van der Waals surface area contributed by atoms with Crippen LogP contribution in [0.25, 0.3) is 0 Å². The van der Waals surface area contributed by atoms with Crippen molar-refractivity contribution in [2.45, 2.75) is 52.5 Å². The van der Waals surface area contributed by atoms with Gasteiger partial charge in [-0.2, -0.15) is 0 Å². The van der Waals surface area contributed by atoms with Crippen molar-refractivity contribution in [3.63, 3.8) is 0 Å². The Labute approximate surface area is 143 Å². The molecule has 1 aromatic rings. The van der Waals surface area contributed by atoms with Gasteiger partial charge in [0.15, 0.2) is 0 Å². The lowest BCUT2D eigenvalue weighted by atomic mass is 9.65. The van der Waals surface area contributed by atoms with Gasteiger partial charge in [-0.05, 0) is 48.1 Å². The monoisotopic (exact) mass is 326 g/mol. The van der Waals surface area contributed by atoms with Crippen LogP contribution in [0.3, 0.4) is 0 Å². The van der Waals surface area contributed by atoms with Crippen LogP contribution in [0, 0.1) is 10.8 Å². The number of benzene rings is 1. The van der Waals surface area contributed by atoms with E-state index in [1.54, 1.807) is 4.90 Å². The molecule has 2 aliphatic heterocycles. The molecule has 1 saturated heterocycles. The summed E-state index contributed by atoms with van der Waals surface area (Å²) >= 11 is 0. The maximum Gasteiger partial charge on any atom is 0.316 e. The van der Waals surface area contributed by atoms with E-state index in [9.17, 15) is 9.59 Å². The van der Waals surface area contributed by atoms with Gasteiger partial charge in [0.1, 0.15) is 0 Å². The van der Waals surface area contributed by atoms with Gasteiger partial charge in [0.2, 0.25) is 0 Å². The van der Waals surface area contributed by atoms with Crippen LogP contribution in [0.2, 0.25) is 0 Å². The van der Waals surface area contributed by atoms with E-state index >= 15 is 0 Å². The van der Waals surface area contributed by atoms with Gasteiger partial charge in [-0.25, -0.2) is 0 Å². The van der Waals surface area contributed by atoms with Gasteiger partial charge in [-0.1, -0.05) is 39.0 Å². The zero-order valence-corrected chi connectivity index (χ0v) is 14.8. The second kappa shape index (κ2) is 5.08. The molecule has 128 valence electrons. The second-order valence-corrected chi connectivity index (χ2v) is 8.98. The highest BCUT2D eigenvalue weighted by Crippen LogP contribution is 2.52. The maximum atomic E-state index is 13.0. The lowest BCUT2D eigenvalue weighted by molar-refractivity contribution is -0.145. The minimum Gasteiger partial charge on any atom is -0.331 e. The molecule has 1 saturated carbocycles. The smallest absolute Gasteiger partial charge is 0.316 e. The van der Waals surface area contributed by atoms with E-state index in [1.165, 1.54) is 0 Å². The number of amides is 2. The first-order chi connectivity index (χ1) is 11.3. The fourth-order valence-corrected chi connectivity index (χ4v) is 5.48. The summed E-state index contributed by atoms with van der Waals surface area (Å²) in [4.78, 5) is 29.4. The zero-order chi connectivity index (χ0) is 17.1. The molecule has 0 N–H and O–H groups in total. The molecule has 0 spiro atoms. The predicted octanol–water partition coefficient (Wildman–Crippen LogP) is 3.00. The van der Waals surface area contributed by atoms with Gasteiger partial charge >= 0.3 is 11.8 Å². The van der Waals surface area contributed by atoms with E-state index in [1.807, 2.05) is 29.2 Å². The van der Waals surface area contributed by atoms with Crippen molar-refractivity contribution in [3.8, 4) is 0 Å². The minimum absolute atomic E-state index is 0.158. The van der Waals surface area contributed by atoms with Gasteiger partial charge in [0.05, 0.1) is 0 Å². The van der Waals surface area contributed by atoms with E-state index < -0.39 is 0 Å². The first-order valence-electron chi connectivity index (χ1n) is 8.98. The number of hydrogen-bond acceptors (Lipinski definition) is 2. The summed E-state index contributed by atoms with van der Waals surface area (Å²) in [7, 11) is 0. The van der Waals surface area contributed by atoms with Gasteiger partial charge in [-0.3, -0.25) is 9.59 Å². The second-order valence-electron chi connectivity index (χ2n) is 8.98. The van der Waals surface area contributed by atoms with E-state index in [-0.39, 0.29) is 28.7 Å². The van der Waals surface area contributed by atoms with Crippen LogP contribution < -0.4 is 4.90 Å². The number of fused-ring (bicyclic) bond motifs is 3. The van der Waals surface area contributed by atoms with Gasteiger partial charge < -0.3 is 9.80 Å². The largest absolute Gasteiger partial charge is 0.331 e. The standard InChI is InChI=1S/C20H26N2O2/c1-19(2)10-15-11-20(3,12-19)13-22(15)18(24)17(23)21-9-8-14-6-4-5-7-16(14)21/h4-7,15H,8-13H2,1-3H3. The zero-order valence-electron chi connectivity index (χ0n) is 14.8. The highest BCUT2D eigenvalue weighted by Gasteiger charge is 2.52.